The van der Waals surface area contributed by atoms with Crippen LogP contribution in [0.25, 0.3) is 0 Å². The lowest BCUT2D eigenvalue weighted by Crippen LogP contribution is -1.99. The van der Waals surface area contributed by atoms with E-state index < -0.39 is 10.9 Å². The fourth-order valence-corrected chi connectivity index (χ4v) is 1.60. The van der Waals surface area contributed by atoms with Crippen LogP contribution < -0.4 is 4.74 Å². The lowest BCUT2D eigenvalue weighted by atomic mass is 10.2. The predicted octanol–water partition coefficient (Wildman–Crippen LogP) is 1.94. The second kappa shape index (κ2) is 4.75. The molecule has 0 amide bonds. The Balaban J connectivity index is 2.43. The molecule has 8 nitrogen and oxygen atoms in total. The molecule has 0 aliphatic rings. The molecule has 0 atom stereocenters. The van der Waals surface area contributed by atoms with Crippen molar-refractivity contribution in [1.29, 1.82) is 0 Å². The van der Waals surface area contributed by atoms with Gasteiger partial charge in [0.15, 0.2) is 0 Å². The third-order valence-electron chi connectivity index (χ3n) is 1.94. The molecule has 0 unspecified atom stereocenters. The van der Waals surface area contributed by atoms with Gasteiger partial charge in [0.1, 0.15) is 5.51 Å². The summed E-state index contributed by atoms with van der Waals surface area (Å²) in [6, 6.07) is 3.27. The fraction of sp³-hybridized carbons (Fsp3) is 0. The van der Waals surface area contributed by atoms with Crippen LogP contribution >= 0.6 is 11.3 Å². The first-order valence-electron chi connectivity index (χ1n) is 4.53. The quantitative estimate of drug-likeness (QED) is 0.664. The number of hydrogen-bond donors (Lipinski definition) is 1. The van der Waals surface area contributed by atoms with Gasteiger partial charge in [0, 0.05) is 12.1 Å². The summed E-state index contributed by atoms with van der Waals surface area (Å²) in [4.78, 5) is 20.9. The summed E-state index contributed by atoms with van der Waals surface area (Å²) in [5.41, 5.74) is 0.942. The van der Waals surface area contributed by atoms with Crippen LogP contribution in [0.1, 0.15) is 10.4 Å². The summed E-state index contributed by atoms with van der Waals surface area (Å²) >= 11 is 1.04. The van der Waals surface area contributed by atoms with Crippen molar-refractivity contribution < 1.29 is 19.6 Å². The number of carbonyl (C=O) groups is 1. The van der Waals surface area contributed by atoms with Crippen molar-refractivity contribution in [3.8, 4) is 10.9 Å². The Morgan fingerprint density at radius 3 is 2.83 bits per heavy atom. The third kappa shape index (κ3) is 2.40. The molecule has 0 fully saturated rings. The van der Waals surface area contributed by atoms with Crippen LogP contribution in [0.5, 0.6) is 10.9 Å². The van der Waals surface area contributed by atoms with Gasteiger partial charge in [0.2, 0.25) is 5.75 Å². The van der Waals surface area contributed by atoms with Crippen molar-refractivity contribution in [3.63, 3.8) is 0 Å². The molecule has 1 N–H and O–H groups in total. The lowest BCUT2D eigenvalue weighted by Gasteiger charge is -2.03. The minimum absolute atomic E-state index is 0.0978. The zero-order valence-corrected chi connectivity index (χ0v) is 9.46. The van der Waals surface area contributed by atoms with Gasteiger partial charge in [-0.1, -0.05) is 16.4 Å². The Hall–Kier alpha value is -2.55. The first-order valence-corrected chi connectivity index (χ1v) is 5.41. The number of aromatic carboxylic acids is 1. The molecule has 18 heavy (non-hydrogen) atoms. The number of nitrogens with zero attached hydrogens (tertiary/aromatic N) is 3. The number of carboxylic acids is 1. The molecule has 0 saturated heterocycles. The van der Waals surface area contributed by atoms with Gasteiger partial charge in [-0.05, 0) is 6.07 Å². The molecule has 1 aromatic heterocycles. The summed E-state index contributed by atoms with van der Waals surface area (Å²) < 4.78 is 5.14. The SMILES string of the molecule is O=C(O)c1ccc([N+](=O)[O-])c(Oc2nncs2)c1. The van der Waals surface area contributed by atoms with Crippen LogP contribution in [0.4, 0.5) is 5.69 Å². The number of benzene rings is 1. The monoisotopic (exact) mass is 267 g/mol. The molecule has 2 aromatic rings. The Morgan fingerprint density at radius 1 is 1.50 bits per heavy atom. The Bertz CT molecular complexity index is 598. The summed E-state index contributed by atoms with van der Waals surface area (Å²) in [6.45, 7) is 0. The van der Waals surface area contributed by atoms with Crippen molar-refractivity contribution in [2.24, 2.45) is 0 Å². The van der Waals surface area contributed by atoms with Gasteiger partial charge in [0.05, 0.1) is 10.5 Å². The largest absolute Gasteiger partial charge is 0.478 e. The number of hydrogen-bond acceptors (Lipinski definition) is 7. The highest BCUT2D eigenvalue weighted by Gasteiger charge is 2.19. The van der Waals surface area contributed by atoms with Gasteiger partial charge in [-0.2, -0.15) is 0 Å². The minimum Gasteiger partial charge on any atom is -0.478 e. The van der Waals surface area contributed by atoms with E-state index >= 15 is 0 Å². The highest BCUT2D eigenvalue weighted by molar-refractivity contribution is 7.11. The van der Waals surface area contributed by atoms with Gasteiger partial charge in [0.25, 0.3) is 5.19 Å². The summed E-state index contributed by atoms with van der Waals surface area (Å²) in [5, 5.41) is 26.8. The molecule has 1 heterocycles. The van der Waals surface area contributed by atoms with Crippen molar-refractivity contribution in [1.82, 2.24) is 10.2 Å². The predicted molar refractivity (Wildman–Crippen MR) is 60.0 cm³/mol. The summed E-state index contributed by atoms with van der Waals surface area (Å²) in [7, 11) is 0. The smallest absolute Gasteiger partial charge is 0.335 e. The van der Waals surface area contributed by atoms with E-state index in [-0.39, 0.29) is 22.2 Å². The molecule has 1 aromatic carbocycles. The van der Waals surface area contributed by atoms with Crippen molar-refractivity contribution >= 4 is 23.0 Å². The second-order valence-corrected chi connectivity index (χ2v) is 3.85. The van der Waals surface area contributed by atoms with Gasteiger partial charge in [-0.25, -0.2) is 4.79 Å². The first kappa shape index (κ1) is 11.9. The number of aromatic nitrogens is 2. The zero-order chi connectivity index (χ0) is 13.1. The average Bonchev–Trinajstić information content (AvgIpc) is 2.81. The normalized spacial score (nSPS) is 10.0. The maximum atomic E-state index is 10.8. The van der Waals surface area contributed by atoms with Crippen LogP contribution in [0.3, 0.4) is 0 Å². The lowest BCUT2D eigenvalue weighted by molar-refractivity contribution is -0.385. The van der Waals surface area contributed by atoms with E-state index in [9.17, 15) is 14.9 Å². The molecule has 9 heteroatoms. The average molecular weight is 267 g/mol. The maximum Gasteiger partial charge on any atom is 0.335 e. The van der Waals surface area contributed by atoms with E-state index in [2.05, 4.69) is 10.2 Å². The van der Waals surface area contributed by atoms with Crippen molar-refractivity contribution in [3.05, 3.63) is 39.4 Å². The molecule has 0 saturated carbocycles. The molecular weight excluding hydrogens is 262 g/mol. The molecule has 2 rings (SSSR count). The maximum absolute atomic E-state index is 10.8. The number of carboxylic acid groups (broad SMARTS) is 1. The summed E-state index contributed by atoms with van der Waals surface area (Å²) in [6.07, 6.45) is 0. The topological polar surface area (TPSA) is 115 Å². The van der Waals surface area contributed by atoms with E-state index in [4.69, 9.17) is 9.84 Å². The van der Waals surface area contributed by atoms with Gasteiger partial charge in [-0.15, -0.1) is 5.10 Å². The van der Waals surface area contributed by atoms with Crippen LogP contribution in [0, 0.1) is 10.1 Å². The van der Waals surface area contributed by atoms with E-state index in [1.807, 2.05) is 0 Å². The van der Waals surface area contributed by atoms with E-state index in [0.29, 0.717) is 0 Å². The van der Waals surface area contributed by atoms with Crippen LogP contribution in [0.15, 0.2) is 23.7 Å². The van der Waals surface area contributed by atoms with Crippen LogP contribution in [0.2, 0.25) is 0 Å². The first-order chi connectivity index (χ1) is 8.58. The highest BCUT2D eigenvalue weighted by atomic mass is 32.1. The zero-order valence-electron chi connectivity index (χ0n) is 8.64. The Morgan fingerprint density at radius 2 is 2.28 bits per heavy atom. The van der Waals surface area contributed by atoms with Gasteiger partial charge < -0.3 is 9.84 Å². The van der Waals surface area contributed by atoms with Gasteiger partial charge >= 0.3 is 11.7 Å². The van der Waals surface area contributed by atoms with E-state index in [1.54, 1.807) is 0 Å². The fourth-order valence-electron chi connectivity index (χ4n) is 1.18. The second-order valence-electron chi connectivity index (χ2n) is 3.05. The van der Waals surface area contributed by atoms with E-state index in [0.717, 1.165) is 29.5 Å². The molecular formula is C9H5N3O5S. The van der Waals surface area contributed by atoms with Crippen molar-refractivity contribution in [2.45, 2.75) is 0 Å². The van der Waals surface area contributed by atoms with E-state index in [1.165, 1.54) is 5.51 Å². The van der Waals surface area contributed by atoms with Crippen LogP contribution in [-0.2, 0) is 0 Å². The molecule has 92 valence electrons. The number of ether oxygens (including phenoxy) is 1. The Labute approximate surface area is 104 Å². The number of nitro benzene ring substituents is 1. The van der Waals surface area contributed by atoms with Gasteiger partial charge in [-0.3, -0.25) is 10.1 Å². The standard InChI is InChI=1S/C9H5N3O5S/c13-8(14)5-1-2-6(12(15)16)7(3-5)17-9-11-10-4-18-9/h1-4H,(H,13,14). The number of nitro groups is 1. The molecule has 0 radical (unpaired) electrons. The molecule has 0 aliphatic heterocycles. The molecule has 0 bridgehead atoms. The Kier molecular flexibility index (Phi) is 3.15. The highest BCUT2D eigenvalue weighted by Crippen LogP contribution is 2.32. The molecule has 0 spiro atoms. The molecule has 0 aliphatic carbocycles. The van der Waals surface area contributed by atoms with Crippen molar-refractivity contribution in [2.75, 3.05) is 0 Å². The summed E-state index contributed by atoms with van der Waals surface area (Å²) in [5.74, 6) is -1.39. The minimum atomic E-state index is -1.20. The van der Waals surface area contributed by atoms with Crippen LogP contribution in [-0.4, -0.2) is 26.2 Å². The number of rotatable bonds is 4. The third-order valence-corrected chi connectivity index (χ3v) is 2.51.